The Kier molecular flexibility index (Phi) is 4.35. The maximum Gasteiger partial charge on any atom is 0.00773 e. The largest absolute Gasteiger partial charge is 0.314 e. The maximum absolute atomic E-state index is 3.78. The lowest BCUT2D eigenvalue weighted by Gasteiger charge is -2.45. The second kappa shape index (κ2) is 5.66. The van der Waals surface area contributed by atoms with Crippen LogP contribution in [0.2, 0.25) is 0 Å². The Labute approximate surface area is 118 Å². The van der Waals surface area contributed by atoms with Gasteiger partial charge in [-0.25, -0.2) is 0 Å². The molecule has 0 heterocycles. The van der Waals surface area contributed by atoms with Crippen molar-refractivity contribution in [1.29, 1.82) is 0 Å². The molecular weight excluding hydrogens is 230 g/mol. The Morgan fingerprint density at radius 3 is 2.16 bits per heavy atom. The van der Waals surface area contributed by atoms with Crippen molar-refractivity contribution in [2.24, 2.45) is 10.8 Å². The summed E-state index contributed by atoms with van der Waals surface area (Å²) in [6, 6.07) is 11.5. The molecule has 1 aliphatic rings. The van der Waals surface area contributed by atoms with Crippen LogP contribution in [0.1, 0.15) is 52.5 Å². The molecule has 1 saturated carbocycles. The average molecular weight is 259 g/mol. The van der Waals surface area contributed by atoms with Gasteiger partial charge in [-0.2, -0.15) is 0 Å². The second-order valence-corrected chi connectivity index (χ2v) is 7.80. The topological polar surface area (TPSA) is 12.0 Å². The van der Waals surface area contributed by atoms with E-state index in [4.69, 9.17) is 0 Å². The van der Waals surface area contributed by atoms with E-state index in [0.717, 1.165) is 13.0 Å². The Bertz CT molecular complexity index is 375. The van der Waals surface area contributed by atoms with Crippen molar-refractivity contribution in [2.75, 3.05) is 6.54 Å². The van der Waals surface area contributed by atoms with Crippen LogP contribution in [0.15, 0.2) is 30.3 Å². The molecular formula is C18H29N. The predicted octanol–water partition coefficient (Wildman–Crippen LogP) is 4.42. The minimum absolute atomic E-state index is 0.478. The van der Waals surface area contributed by atoms with Crippen molar-refractivity contribution in [1.82, 2.24) is 5.32 Å². The number of nitrogens with one attached hydrogen (secondary N) is 1. The highest BCUT2D eigenvalue weighted by atomic mass is 14.9. The normalized spacial score (nSPS) is 22.3. The molecule has 0 bridgehead atoms. The summed E-state index contributed by atoms with van der Waals surface area (Å²) < 4.78 is 0. The first-order valence-electron chi connectivity index (χ1n) is 7.64. The van der Waals surface area contributed by atoms with Crippen LogP contribution in [0, 0.1) is 10.8 Å². The molecule has 1 aromatic rings. The van der Waals surface area contributed by atoms with Gasteiger partial charge in [0.2, 0.25) is 0 Å². The van der Waals surface area contributed by atoms with Crippen LogP contribution in [0.3, 0.4) is 0 Å². The van der Waals surface area contributed by atoms with E-state index in [1.165, 1.54) is 24.8 Å². The fraction of sp³-hybridized carbons (Fsp3) is 0.667. The van der Waals surface area contributed by atoms with Gasteiger partial charge in [-0.1, -0.05) is 58.0 Å². The highest BCUT2D eigenvalue weighted by molar-refractivity contribution is 5.14. The first kappa shape index (κ1) is 14.6. The van der Waals surface area contributed by atoms with Crippen molar-refractivity contribution in [3.8, 4) is 0 Å². The molecule has 1 nitrogen and oxygen atoms in total. The van der Waals surface area contributed by atoms with E-state index in [-0.39, 0.29) is 0 Å². The predicted molar refractivity (Wildman–Crippen MR) is 83.3 cm³/mol. The summed E-state index contributed by atoms with van der Waals surface area (Å²) in [6.07, 6.45) is 5.10. The molecule has 0 saturated heterocycles. The molecule has 0 unspecified atom stereocenters. The summed E-state index contributed by atoms with van der Waals surface area (Å²) >= 11 is 0. The van der Waals surface area contributed by atoms with Gasteiger partial charge in [0.25, 0.3) is 0 Å². The van der Waals surface area contributed by atoms with Crippen LogP contribution in [-0.4, -0.2) is 12.6 Å². The molecule has 1 fully saturated rings. The molecule has 0 atom stereocenters. The number of hydrogen-bond acceptors (Lipinski definition) is 1. The van der Waals surface area contributed by atoms with Gasteiger partial charge < -0.3 is 5.32 Å². The van der Waals surface area contributed by atoms with Crippen LogP contribution < -0.4 is 5.32 Å². The van der Waals surface area contributed by atoms with Gasteiger partial charge in [-0.05, 0) is 48.6 Å². The van der Waals surface area contributed by atoms with Crippen LogP contribution >= 0.6 is 0 Å². The average Bonchev–Trinajstić information content (AvgIpc) is 2.26. The zero-order valence-corrected chi connectivity index (χ0v) is 13.0. The molecule has 2 rings (SSSR count). The van der Waals surface area contributed by atoms with E-state index in [1.54, 1.807) is 0 Å². The van der Waals surface area contributed by atoms with Gasteiger partial charge in [0.15, 0.2) is 0 Å². The lowest BCUT2D eigenvalue weighted by molar-refractivity contribution is 0.0854. The lowest BCUT2D eigenvalue weighted by atomic mass is 9.63. The Balaban J connectivity index is 1.82. The van der Waals surface area contributed by atoms with Crippen molar-refractivity contribution in [2.45, 2.75) is 59.4 Å². The quantitative estimate of drug-likeness (QED) is 0.844. The summed E-state index contributed by atoms with van der Waals surface area (Å²) in [6.45, 7) is 10.8. The monoisotopic (exact) mass is 259 g/mol. The van der Waals surface area contributed by atoms with Crippen molar-refractivity contribution in [3.63, 3.8) is 0 Å². The standard InChI is InChI=1S/C18H29N/c1-17(2)12-16(13-18(3,4)14-17)19-11-10-15-8-6-5-7-9-15/h5-9,16,19H,10-14H2,1-4H3. The van der Waals surface area contributed by atoms with E-state index in [2.05, 4.69) is 63.3 Å². The summed E-state index contributed by atoms with van der Waals surface area (Å²) in [5, 5.41) is 3.78. The zero-order chi connectivity index (χ0) is 13.9. The minimum atomic E-state index is 0.478. The van der Waals surface area contributed by atoms with E-state index in [0.29, 0.717) is 16.9 Å². The summed E-state index contributed by atoms with van der Waals surface area (Å²) in [5.74, 6) is 0. The molecule has 0 spiro atoms. The second-order valence-electron chi connectivity index (χ2n) is 7.80. The lowest BCUT2D eigenvalue weighted by Crippen LogP contribution is -2.44. The highest BCUT2D eigenvalue weighted by Crippen LogP contribution is 2.45. The molecule has 0 radical (unpaired) electrons. The van der Waals surface area contributed by atoms with E-state index >= 15 is 0 Å². The van der Waals surface area contributed by atoms with Gasteiger partial charge in [0, 0.05) is 6.04 Å². The van der Waals surface area contributed by atoms with Gasteiger partial charge in [0.05, 0.1) is 0 Å². The molecule has 1 aromatic carbocycles. The molecule has 19 heavy (non-hydrogen) atoms. The van der Waals surface area contributed by atoms with Gasteiger partial charge in [0.1, 0.15) is 0 Å². The molecule has 0 aliphatic heterocycles. The van der Waals surface area contributed by atoms with Crippen LogP contribution in [0.4, 0.5) is 0 Å². The SMILES string of the molecule is CC1(C)CC(NCCc2ccccc2)CC(C)(C)C1. The zero-order valence-electron chi connectivity index (χ0n) is 13.0. The highest BCUT2D eigenvalue weighted by Gasteiger charge is 2.37. The summed E-state index contributed by atoms with van der Waals surface area (Å²) in [7, 11) is 0. The number of benzene rings is 1. The maximum atomic E-state index is 3.78. The Morgan fingerprint density at radius 1 is 1.00 bits per heavy atom. The van der Waals surface area contributed by atoms with Gasteiger partial charge in [-0.3, -0.25) is 0 Å². The van der Waals surface area contributed by atoms with E-state index in [1.807, 2.05) is 0 Å². The van der Waals surface area contributed by atoms with Gasteiger partial charge in [-0.15, -0.1) is 0 Å². The third kappa shape index (κ3) is 4.65. The van der Waals surface area contributed by atoms with Crippen LogP contribution in [0.25, 0.3) is 0 Å². The molecule has 106 valence electrons. The van der Waals surface area contributed by atoms with Crippen molar-refractivity contribution < 1.29 is 0 Å². The molecule has 0 aromatic heterocycles. The molecule has 0 amide bonds. The fourth-order valence-electron chi connectivity index (χ4n) is 4.06. The summed E-state index contributed by atoms with van der Waals surface area (Å²) in [4.78, 5) is 0. The smallest absolute Gasteiger partial charge is 0.00773 e. The number of hydrogen-bond donors (Lipinski definition) is 1. The molecule has 1 heteroatoms. The van der Waals surface area contributed by atoms with Crippen molar-refractivity contribution in [3.05, 3.63) is 35.9 Å². The van der Waals surface area contributed by atoms with E-state index in [9.17, 15) is 0 Å². The molecule has 1 aliphatic carbocycles. The van der Waals surface area contributed by atoms with Crippen molar-refractivity contribution >= 4 is 0 Å². The fourth-order valence-corrected chi connectivity index (χ4v) is 4.06. The Morgan fingerprint density at radius 2 is 1.58 bits per heavy atom. The third-order valence-electron chi connectivity index (χ3n) is 4.24. The number of rotatable bonds is 4. The minimum Gasteiger partial charge on any atom is -0.314 e. The first-order valence-corrected chi connectivity index (χ1v) is 7.64. The van der Waals surface area contributed by atoms with Crippen LogP contribution in [-0.2, 0) is 6.42 Å². The van der Waals surface area contributed by atoms with Gasteiger partial charge >= 0.3 is 0 Å². The van der Waals surface area contributed by atoms with Crippen LogP contribution in [0.5, 0.6) is 0 Å². The summed E-state index contributed by atoms with van der Waals surface area (Å²) in [5.41, 5.74) is 2.39. The van der Waals surface area contributed by atoms with E-state index < -0.39 is 0 Å². The molecule has 1 N–H and O–H groups in total. The first-order chi connectivity index (χ1) is 8.86. The third-order valence-corrected chi connectivity index (χ3v) is 4.24. The Hall–Kier alpha value is -0.820.